The van der Waals surface area contributed by atoms with Gasteiger partial charge in [-0.2, -0.15) is 4.98 Å². The van der Waals surface area contributed by atoms with Gasteiger partial charge in [-0.05, 0) is 58.3 Å². The van der Waals surface area contributed by atoms with Crippen LogP contribution in [0.3, 0.4) is 0 Å². The Kier molecular flexibility index (Phi) is 5.57. The molecule has 3 rings (SSSR count). The first-order valence-electron chi connectivity index (χ1n) is 9.38. The second-order valence-corrected chi connectivity index (χ2v) is 7.33. The minimum atomic E-state index is -0.346. The summed E-state index contributed by atoms with van der Waals surface area (Å²) in [5, 5.41) is 4.20. The number of allylic oxidation sites excluding steroid dienone is 1. The number of piperidine rings is 1. The fraction of sp³-hybridized carbons (Fsp3) is 0.737. The van der Waals surface area contributed by atoms with Gasteiger partial charge in [0.2, 0.25) is 17.6 Å². The zero-order chi connectivity index (χ0) is 17.9. The Morgan fingerprint density at radius 1 is 1.36 bits per heavy atom. The summed E-state index contributed by atoms with van der Waals surface area (Å²) in [5.41, 5.74) is 0.475. The molecule has 0 bridgehead atoms. The molecular weight excluding hydrogens is 318 g/mol. The zero-order valence-corrected chi connectivity index (χ0v) is 15.6. The van der Waals surface area contributed by atoms with Crippen LogP contribution in [0.15, 0.2) is 16.2 Å². The predicted octanol–water partition coefficient (Wildman–Crippen LogP) is 3.23. The number of carbonyl (C=O) groups excluding carboxylic acids is 1. The molecule has 1 aliphatic heterocycles. The van der Waals surface area contributed by atoms with E-state index in [2.05, 4.69) is 10.1 Å². The van der Waals surface area contributed by atoms with Crippen molar-refractivity contribution in [3.8, 4) is 0 Å². The van der Waals surface area contributed by atoms with Crippen LogP contribution in [0.2, 0.25) is 0 Å². The number of ether oxygens (including phenoxy) is 1. The molecule has 25 heavy (non-hydrogen) atoms. The third-order valence-corrected chi connectivity index (χ3v) is 5.81. The largest absolute Gasteiger partial charge is 0.370 e. The second-order valence-electron chi connectivity index (χ2n) is 7.33. The van der Waals surface area contributed by atoms with Crippen LogP contribution >= 0.6 is 0 Å². The number of nitrogens with zero attached hydrogens (tertiary/aromatic N) is 3. The van der Waals surface area contributed by atoms with E-state index in [-0.39, 0.29) is 11.5 Å². The first-order chi connectivity index (χ1) is 12.1. The van der Waals surface area contributed by atoms with Crippen molar-refractivity contribution in [2.24, 2.45) is 5.92 Å². The van der Waals surface area contributed by atoms with E-state index in [4.69, 9.17) is 9.26 Å². The Morgan fingerprint density at radius 3 is 2.64 bits per heavy atom. The third-order valence-electron chi connectivity index (χ3n) is 5.81. The molecule has 1 aromatic rings. The molecule has 2 fully saturated rings. The topological polar surface area (TPSA) is 68.5 Å². The molecule has 1 aromatic heterocycles. The summed E-state index contributed by atoms with van der Waals surface area (Å²) in [6, 6.07) is 0. The maximum absolute atomic E-state index is 12.2. The van der Waals surface area contributed by atoms with Crippen molar-refractivity contribution < 1.29 is 14.1 Å². The Morgan fingerprint density at radius 2 is 2.04 bits per heavy atom. The van der Waals surface area contributed by atoms with Crippen LogP contribution in [0.25, 0.3) is 0 Å². The molecule has 0 unspecified atom stereocenters. The molecule has 2 aliphatic rings. The van der Waals surface area contributed by atoms with Crippen LogP contribution < -0.4 is 0 Å². The molecule has 1 saturated heterocycles. The molecular formula is C19H29N3O3. The second kappa shape index (κ2) is 7.68. The van der Waals surface area contributed by atoms with Crippen LogP contribution in [-0.4, -0.2) is 41.1 Å². The van der Waals surface area contributed by atoms with E-state index >= 15 is 0 Å². The van der Waals surface area contributed by atoms with E-state index in [1.165, 1.54) is 0 Å². The molecule has 2 heterocycles. The zero-order valence-electron chi connectivity index (χ0n) is 15.6. The highest BCUT2D eigenvalue weighted by Gasteiger charge is 2.40. The smallest absolute Gasteiger partial charge is 0.249 e. The summed E-state index contributed by atoms with van der Waals surface area (Å²) in [4.78, 5) is 18.8. The number of aromatic nitrogens is 2. The van der Waals surface area contributed by atoms with Crippen molar-refractivity contribution in [3.63, 3.8) is 0 Å². The standard InChI is InChI=1S/C19H29N3O3/c1-4-14(2)17(23)22-11-7-15(8-12-22)13-16-20-18(21-25-16)19(24-3)9-5-6-10-19/h4,15H,5-13H2,1-3H3. The van der Waals surface area contributed by atoms with E-state index in [0.717, 1.165) is 63.6 Å². The number of rotatable bonds is 5. The molecule has 0 N–H and O–H groups in total. The summed E-state index contributed by atoms with van der Waals surface area (Å²) in [6.07, 6.45) is 8.86. The lowest BCUT2D eigenvalue weighted by Crippen LogP contribution is -2.39. The van der Waals surface area contributed by atoms with Gasteiger partial charge in [-0.1, -0.05) is 11.2 Å². The van der Waals surface area contributed by atoms with Gasteiger partial charge >= 0.3 is 0 Å². The Labute approximate surface area is 149 Å². The van der Waals surface area contributed by atoms with Crippen molar-refractivity contribution in [3.05, 3.63) is 23.4 Å². The van der Waals surface area contributed by atoms with Gasteiger partial charge in [0.1, 0.15) is 5.60 Å². The van der Waals surface area contributed by atoms with E-state index in [1.807, 2.05) is 24.8 Å². The Bertz CT molecular complexity index is 624. The molecule has 0 aromatic carbocycles. The number of amides is 1. The van der Waals surface area contributed by atoms with Gasteiger partial charge in [0.15, 0.2) is 0 Å². The third kappa shape index (κ3) is 3.78. The van der Waals surface area contributed by atoms with Crippen molar-refractivity contribution in [2.75, 3.05) is 20.2 Å². The highest BCUT2D eigenvalue weighted by atomic mass is 16.5. The van der Waals surface area contributed by atoms with Crippen molar-refractivity contribution >= 4 is 5.91 Å². The van der Waals surface area contributed by atoms with Gasteiger partial charge in [-0.3, -0.25) is 4.79 Å². The number of hydrogen-bond acceptors (Lipinski definition) is 5. The summed E-state index contributed by atoms with van der Waals surface area (Å²) in [5.74, 6) is 2.06. The van der Waals surface area contributed by atoms with E-state index in [1.54, 1.807) is 7.11 Å². The van der Waals surface area contributed by atoms with Gasteiger partial charge < -0.3 is 14.2 Å². The lowest BCUT2D eigenvalue weighted by Gasteiger charge is -2.31. The molecule has 1 aliphatic carbocycles. The molecule has 0 spiro atoms. The fourth-order valence-corrected chi connectivity index (χ4v) is 3.95. The van der Waals surface area contributed by atoms with Gasteiger partial charge in [0, 0.05) is 32.2 Å². The van der Waals surface area contributed by atoms with Crippen molar-refractivity contribution in [1.82, 2.24) is 15.0 Å². The molecule has 0 atom stereocenters. The highest BCUT2D eigenvalue weighted by molar-refractivity contribution is 5.92. The van der Waals surface area contributed by atoms with Gasteiger partial charge in [-0.25, -0.2) is 0 Å². The molecule has 1 saturated carbocycles. The molecule has 6 nitrogen and oxygen atoms in total. The van der Waals surface area contributed by atoms with E-state index < -0.39 is 0 Å². The minimum Gasteiger partial charge on any atom is -0.370 e. The van der Waals surface area contributed by atoms with E-state index in [9.17, 15) is 4.79 Å². The maximum atomic E-state index is 12.2. The molecule has 1 amide bonds. The van der Waals surface area contributed by atoms with Crippen LogP contribution in [0.5, 0.6) is 0 Å². The SMILES string of the molecule is CC=C(C)C(=O)N1CCC(Cc2nc(C3(OC)CCCC3)no2)CC1. The fourth-order valence-electron chi connectivity index (χ4n) is 3.95. The van der Waals surface area contributed by atoms with Gasteiger partial charge in [-0.15, -0.1) is 0 Å². The average Bonchev–Trinajstić information content (AvgIpc) is 3.31. The molecule has 138 valence electrons. The number of methoxy groups -OCH3 is 1. The average molecular weight is 347 g/mol. The summed E-state index contributed by atoms with van der Waals surface area (Å²) in [6.45, 7) is 5.39. The Hall–Kier alpha value is -1.69. The minimum absolute atomic E-state index is 0.157. The van der Waals surface area contributed by atoms with Crippen LogP contribution in [0.1, 0.15) is 64.1 Å². The lowest BCUT2D eigenvalue weighted by atomic mass is 9.93. The van der Waals surface area contributed by atoms with Crippen LogP contribution in [0, 0.1) is 5.92 Å². The summed E-state index contributed by atoms with van der Waals surface area (Å²) < 4.78 is 11.2. The lowest BCUT2D eigenvalue weighted by molar-refractivity contribution is -0.128. The van der Waals surface area contributed by atoms with E-state index in [0.29, 0.717) is 17.6 Å². The first kappa shape index (κ1) is 18.1. The van der Waals surface area contributed by atoms with Gasteiger partial charge in [0.25, 0.3) is 0 Å². The Balaban J connectivity index is 1.56. The number of likely N-dealkylation sites (tertiary alicyclic amines) is 1. The number of carbonyl (C=O) groups is 1. The van der Waals surface area contributed by atoms with Gasteiger partial charge in [0.05, 0.1) is 0 Å². The predicted molar refractivity (Wildman–Crippen MR) is 93.9 cm³/mol. The quantitative estimate of drug-likeness (QED) is 0.765. The number of hydrogen-bond donors (Lipinski definition) is 0. The maximum Gasteiger partial charge on any atom is 0.249 e. The summed E-state index contributed by atoms with van der Waals surface area (Å²) in [7, 11) is 1.74. The molecule has 0 radical (unpaired) electrons. The van der Waals surface area contributed by atoms with Crippen LogP contribution in [-0.2, 0) is 21.6 Å². The van der Waals surface area contributed by atoms with Crippen molar-refractivity contribution in [1.29, 1.82) is 0 Å². The normalized spacial score (nSPS) is 21.7. The van der Waals surface area contributed by atoms with Crippen molar-refractivity contribution in [2.45, 2.75) is 64.4 Å². The first-order valence-corrected chi connectivity index (χ1v) is 9.38. The monoisotopic (exact) mass is 347 g/mol. The highest BCUT2D eigenvalue weighted by Crippen LogP contribution is 2.40. The van der Waals surface area contributed by atoms with Crippen LogP contribution in [0.4, 0.5) is 0 Å². The molecule has 6 heteroatoms. The summed E-state index contributed by atoms with van der Waals surface area (Å²) >= 11 is 0.